The number of para-hydroxylation sites is 1. The molecule has 0 aliphatic heterocycles. The van der Waals surface area contributed by atoms with Gasteiger partial charge in [-0.2, -0.15) is 0 Å². The quantitative estimate of drug-likeness (QED) is 0.641. The molecule has 1 aromatic heterocycles. The number of carbonyl (C=O) groups is 1. The van der Waals surface area contributed by atoms with Crippen LogP contribution in [0.15, 0.2) is 29.4 Å². The minimum Gasteiger partial charge on any atom is -0.367 e. The molecular weight excluding hydrogens is 320 g/mol. The van der Waals surface area contributed by atoms with Gasteiger partial charge in [0.25, 0.3) is 0 Å². The Bertz CT molecular complexity index is 752. The third-order valence-electron chi connectivity index (χ3n) is 3.65. The van der Waals surface area contributed by atoms with Gasteiger partial charge in [0.2, 0.25) is 5.91 Å². The summed E-state index contributed by atoms with van der Waals surface area (Å²) in [6.07, 6.45) is 2.37. The first-order valence-corrected chi connectivity index (χ1v) is 9.22. The minimum absolute atomic E-state index is 0.000890. The zero-order chi connectivity index (χ0) is 17.3. The molecule has 1 heterocycles. The average molecular weight is 344 g/mol. The summed E-state index contributed by atoms with van der Waals surface area (Å²) in [5, 5.41) is 7.89. The van der Waals surface area contributed by atoms with Gasteiger partial charge in [-0.05, 0) is 52.7 Å². The van der Waals surface area contributed by atoms with E-state index in [9.17, 15) is 4.79 Å². The molecule has 0 bridgehead atoms. The Morgan fingerprint density at radius 2 is 1.96 bits per heavy atom. The van der Waals surface area contributed by atoms with Crippen molar-refractivity contribution in [2.75, 3.05) is 5.32 Å². The normalized spacial score (nSPS) is 16.0. The highest BCUT2D eigenvalue weighted by molar-refractivity contribution is 8.00. The monoisotopic (exact) mass is 344 g/mol. The molecule has 2 N–H and O–H groups in total. The molecule has 3 rings (SSSR count). The van der Waals surface area contributed by atoms with Gasteiger partial charge in [0, 0.05) is 17.0 Å². The predicted molar refractivity (Wildman–Crippen MR) is 99.4 cm³/mol. The van der Waals surface area contributed by atoms with Gasteiger partial charge < -0.3 is 10.6 Å². The van der Waals surface area contributed by atoms with E-state index in [4.69, 9.17) is 0 Å². The van der Waals surface area contributed by atoms with Crippen LogP contribution in [0.4, 0.5) is 5.82 Å². The third-order valence-corrected chi connectivity index (χ3v) is 4.61. The van der Waals surface area contributed by atoms with Crippen molar-refractivity contribution in [3.8, 4) is 0 Å². The van der Waals surface area contributed by atoms with Crippen LogP contribution in [0, 0.1) is 0 Å². The van der Waals surface area contributed by atoms with Crippen molar-refractivity contribution in [3.63, 3.8) is 0 Å². The number of benzene rings is 1. The second-order valence-corrected chi connectivity index (χ2v) is 8.60. The van der Waals surface area contributed by atoms with E-state index in [0.29, 0.717) is 11.2 Å². The van der Waals surface area contributed by atoms with Crippen LogP contribution in [-0.4, -0.2) is 32.7 Å². The first kappa shape index (κ1) is 17.0. The lowest BCUT2D eigenvalue weighted by molar-refractivity contribution is -0.121. The Labute approximate surface area is 147 Å². The molecule has 1 fully saturated rings. The van der Waals surface area contributed by atoms with E-state index < -0.39 is 0 Å². The maximum absolute atomic E-state index is 12.3. The van der Waals surface area contributed by atoms with E-state index in [1.807, 2.05) is 52.0 Å². The Morgan fingerprint density at radius 3 is 2.62 bits per heavy atom. The molecule has 1 unspecified atom stereocenters. The lowest BCUT2D eigenvalue weighted by Crippen LogP contribution is -2.44. The van der Waals surface area contributed by atoms with Gasteiger partial charge in [0.15, 0.2) is 5.16 Å². The van der Waals surface area contributed by atoms with Crippen molar-refractivity contribution in [1.29, 1.82) is 0 Å². The Morgan fingerprint density at radius 1 is 1.25 bits per heavy atom. The lowest BCUT2D eigenvalue weighted by atomic mass is 10.1. The number of anilines is 1. The van der Waals surface area contributed by atoms with Crippen molar-refractivity contribution < 1.29 is 4.79 Å². The maximum atomic E-state index is 12.3. The summed E-state index contributed by atoms with van der Waals surface area (Å²) >= 11 is 1.39. The van der Waals surface area contributed by atoms with Gasteiger partial charge in [-0.3, -0.25) is 4.79 Å². The number of aromatic nitrogens is 2. The van der Waals surface area contributed by atoms with Gasteiger partial charge in [-0.25, -0.2) is 9.97 Å². The van der Waals surface area contributed by atoms with Crippen LogP contribution in [0.1, 0.15) is 40.5 Å². The number of hydrogen-bond acceptors (Lipinski definition) is 5. The van der Waals surface area contributed by atoms with Crippen LogP contribution in [-0.2, 0) is 4.79 Å². The first-order chi connectivity index (χ1) is 11.3. The molecule has 1 saturated carbocycles. The summed E-state index contributed by atoms with van der Waals surface area (Å²) in [7, 11) is 0. The van der Waals surface area contributed by atoms with Crippen molar-refractivity contribution in [1.82, 2.24) is 15.3 Å². The molecule has 1 aliphatic carbocycles. The zero-order valence-electron chi connectivity index (χ0n) is 14.6. The number of thioether (sulfide) groups is 1. The Balaban J connectivity index is 1.82. The number of hydrogen-bond donors (Lipinski definition) is 2. The average Bonchev–Trinajstić information content (AvgIpc) is 3.29. The summed E-state index contributed by atoms with van der Waals surface area (Å²) in [6.45, 7) is 7.82. The number of carbonyl (C=O) groups excluding carboxylic acids is 1. The minimum atomic E-state index is -0.251. The summed E-state index contributed by atoms with van der Waals surface area (Å²) in [5.74, 6) is 0.870. The summed E-state index contributed by atoms with van der Waals surface area (Å²) in [6, 6.07) is 8.50. The number of nitrogens with one attached hydrogen (secondary N) is 2. The highest BCUT2D eigenvalue weighted by atomic mass is 32.2. The SMILES string of the molecule is CC(Sc1nc(NC2CC2)c2ccccc2n1)C(=O)NC(C)(C)C. The summed E-state index contributed by atoms with van der Waals surface area (Å²) in [4.78, 5) is 21.6. The first-order valence-electron chi connectivity index (χ1n) is 8.34. The van der Waals surface area contributed by atoms with Crippen LogP contribution in [0.3, 0.4) is 0 Å². The Kier molecular flexibility index (Phi) is 4.67. The lowest BCUT2D eigenvalue weighted by Gasteiger charge is -2.22. The van der Waals surface area contributed by atoms with Gasteiger partial charge in [0.1, 0.15) is 5.82 Å². The van der Waals surface area contributed by atoms with E-state index >= 15 is 0 Å². The smallest absolute Gasteiger partial charge is 0.233 e. The number of amides is 1. The van der Waals surface area contributed by atoms with Crippen molar-refractivity contribution in [3.05, 3.63) is 24.3 Å². The predicted octanol–water partition coefficient (Wildman–Crippen LogP) is 3.60. The molecule has 5 nitrogen and oxygen atoms in total. The van der Waals surface area contributed by atoms with Gasteiger partial charge >= 0.3 is 0 Å². The fourth-order valence-corrected chi connectivity index (χ4v) is 3.10. The molecule has 128 valence electrons. The van der Waals surface area contributed by atoms with Crippen LogP contribution >= 0.6 is 11.8 Å². The van der Waals surface area contributed by atoms with E-state index in [1.165, 1.54) is 24.6 Å². The highest BCUT2D eigenvalue weighted by Gasteiger charge is 2.24. The molecule has 1 amide bonds. The van der Waals surface area contributed by atoms with Crippen LogP contribution in [0.5, 0.6) is 0 Å². The molecule has 6 heteroatoms. The van der Waals surface area contributed by atoms with E-state index in [0.717, 1.165) is 16.7 Å². The van der Waals surface area contributed by atoms with Crippen molar-refractivity contribution >= 4 is 34.4 Å². The van der Waals surface area contributed by atoms with Crippen LogP contribution in [0.2, 0.25) is 0 Å². The largest absolute Gasteiger partial charge is 0.367 e. The second kappa shape index (κ2) is 6.59. The molecule has 1 atom stereocenters. The molecule has 1 aliphatic rings. The molecule has 0 spiro atoms. The molecule has 0 saturated heterocycles. The fraction of sp³-hybridized carbons (Fsp3) is 0.500. The molecule has 2 aromatic rings. The van der Waals surface area contributed by atoms with Crippen molar-refractivity contribution in [2.24, 2.45) is 0 Å². The number of rotatable bonds is 5. The molecular formula is C18H24N4OS. The highest BCUT2D eigenvalue weighted by Crippen LogP contribution is 2.30. The fourth-order valence-electron chi connectivity index (χ4n) is 2.32. The number of fused-ring (bicyclic) bond motifs is 1. The maximum Gasteiger partial charge on any atom is 0.233 e. The molecule has 0 radical (unpaired) electrons. The summed E-state index contributed by atoms with van der Waals surface area (Å²) < 4.78 is 0. The number of nitrogens with zero attached hydrogens (tertiary/aromatic N) is 2. The topological polar surface area (TPSA) is 66.9 Å². The van der Waals surface area contributed by atoms with Crippen molar-refractivity contribution in [2.45, 2.75) is 62.5 Å². The molecule has 1 aromatic carbocycles. The van der Waals surface area contributed by atoms with Crippen LogP contribution in [0.25, 0.3) is 10.9 Å². The van der Waals surface area contributed by atoms with E-state index in [2.05, 4.69) is 20.6 Å². The van der Waals surface area contributed by atoms with Gasteiger partial charge in [-0.15, -0.1) is 0 Å². The van der Waals surface area contributed by atoms with Crippen LogP contribution < -0.4 is 10.6 Å². The van der Waals surface area contributed by atoms with Gasteiger partial charge in [-0.1, -0.05) is 23.9 Å². The third kappa shape index (κ3) is 4.38. The van der Waals surface area contributed by atoms with E-state index in [1.54, 1.807) is 0 Å². The Hall–Kier alpha value is -1.82. The summed E-state index contributed by atoms with van der Waals surface area (Å²) in [5.41, 5.74) is 0.663. The molecule has 24 heavy (non-hydrogen) atoms. The van der Waals surface area contributed by atoms with E-state index in [-0.39, 0.29) is 16.7 Å². The zero-order valence-corrected chi connectivity index (χ0v) is 15.4. The standard InChI is InChI=1S/C18H24N4OS/c1-11(16(23)22-18(2,3)4)24-17-20-14-8-6-5-7-13(14)15(21-17)19-12-9-10-12/h5-8,11-12H,9-10H2,1-4H3,(H,22,23)(H,19,20,21). The second-order valence-electron chi connectivity index (χ2n) is 7.29. The van der Waals surface area contributed by atoms with Gasteiger partial charge in [0.05, 0.1) is 10.8 Å².